The van der Waals surface area contributed by atoms with Crippen LogP contribution in [0.25, 0.3) is 0 Å². The molecule has 0 unspecified atom stereocenters. The SMILES string of the molecule is CC(C)=C[C@@H]1[C@@H](C(=O)NC2=NCCS2)C1(C)C. The van der Waals surface area contributed by atoms with E-state index in [2.05, 4.69) is 44.1 Å². The Morgan fingerprint density at radius 1 is 1.53 bits per heavy atom. The topological polar surface area (TPSA) is 41.5 Å². The van der Waals surface area contributed by atoms with Crippen LogP contribution in [0.4, 0.5) is 0 Å². The van der Waals surface area contributed by atoms with Crippen molar-refractivity contribution in [1.82, 2.24) is 5.32 Å². The molecule has 1 amide bonds. The zero-order valence-corrected chi connectivity index (χ0v) is 11.7. The predicted molar refractivity (Wildman–Crippen MR) is 73.1 cm³/mol. The van der Waals surface area contributed by atoms with Crippen LogP contribution in [0.3, 0.4) is 0 Å². The van der Waals surface area contributed by atoms with Crippen LogP contribution in [0.5, 0.6) is 0 Å². The second kappa shape index (κ2) is 4.48. The fourth-order valence-corrected chi connectivity index (χ4v) is 3.17. The van der Waals surface area contributed by atoms with E-state index in [1.54, 1.807) is 11.8 Å². The van der Waals surface area contributed by atoms with E-state index in [9.17, 15) is 4.79 Å². The third-order valence-corrected chi connectivity index (χ3v) is 4.41. The van der Waals surface area contributed by atoms with E-state index in [0.29, 0.717) is 5.92 Å². The number of hydrogen-bond acceptors (Lipinski definition) is 3. The summed E-state index contributed by atoms with van der Waals surface area (Å²) in [6.45, 7) is 9.31. The Morgan fingerprint density at radius 3 is 2.76 bits per heavy atom. The van der Waals surface area contributed by atoms with Crippen LogP contribution in [0.1, 0.15) is 27.7 Å². The van der Waals surface area contributed by atoms with Crippen molar-refractivity contribution in [1.29, 1.82) is 0 Å². The number of hydrogen-bond donors (Lipinski definition) is 1. The molecular weight excluding hydrogens is 232 g/mol. The molecule has 0 saturated heterocycles. The van der Waals surface area contributed by atoms with Crippen molar-refractivity contribution in [3.8, 4) is 0 Å². The molecule has 1 aliphatic heterocycles. The molecule has 1 N–H and O–H groups in total. The number of carbonyl (C=O) groups is 1. The summed E-state index contributed by atoms with van der Waals surface area (Å²) in [6, 6.07) is 0. The smallest absolute Gasteiger partial charge is 0.230 e. The summed E-state index contributed by atoms with van der Waals surface area (Å²) in [4.78, 5) is 16.4. The molecule has 4 heteroatoms. The van der Waals surface area contributed by atoms with Gasteiger partial charge in [-0.25, -0.2) is 0 Å². The van der Waals surface area contributed by atoms with Crippen LogP contribution in [0.2, 0.25) is 0 Å². The van der Waals surface area contributed by atoms with Gasteiger partial charge in [0.05, 0.1) is 12.5 Å². The number of allylic oxidation sites excluding steroid dienone is 2. The van der Waals surface area contributed by atoms with Crippen LogP contribution in [0.15, 0.2) is 16.6 Å². The molecule has 1 fully saturated rings. The fraction of sp³-hybridized carbons (Fsp3) is 0.692. The Labute approximate surface area is 107 Å². The monoisotopic (exact) mass is 252 g/mol. The Bertz CT molecular complexity index is 394. The van der Waals surface area contributed by atoms with Gasteiger partial charge in [-0.3, -0.25) is 9.79 Å². The lowest BCUT2D eigenvalue weighted by Crippen LogP contribution is -2.30. The van der Waals surface area contributed by atoms with Crippen LogP contribution in [-0.2, 0) is 4.79 Å². The molecule has 2 rings (SSSR count). The Kier molecular flexibility index (Phi) is 3.34. The molecular formula is C13H20N2OS. The molecule has 0 aromatic rings. The Balaban J connectivity index is 1.99. The van der Waals surface area contributed by atoms with Gasteiger partial charge in [-0.15, -0.1) is 0 Å². The second-order valence-electron chi connectivity index (χ2n) is 5.59. The minimum absolute atomic E-state index is 0.0885. The van der Waals surface area contributed by atoms with Crippen LogP contribution < -0.4 is 5.32 Å². The summed E-state index contributed by atoms with van der Waals surface area (Å²) in [5.74, 6) is 1.59. The third-order valence-electron chi connectivity index (χ3n) is 3.52. The first-order valence-electron chi connectivity index (χ1n) is 6.06. The van der Waals surface area contributed by atoms with Crippen LogP contribution in [0, 0.1) is 17.3 Å². The van der Waals surface area contributed by atoms with E-state index in [0.717, 1.165) is 17.5 Å². The first-order chi connectivity index (χ1) is 7.93. The van der Waals surface area contributed by atoms with Gasteiger partial charge in [-0.1, -0.05) is 37.3 Å². The quantitative estimate of drug-likeness (QED) is 0.767. The summed E-state index contributed by atoms with van der Waals surface area (Å²) < 4.78 is 0. The largest absolute Gasteiger partial charge is 0.305 e. The van der Waals surface area contributed by atoms with Crippen LogP contribution >= 0.6 is 11.8 Å². The molecule has 17 heavy (non-hydrogen) atoms. The molecule has 0 radical (unpaired) electrons. The highest BCUT2D eigenvalue weighted by Gasteiger charge is 2.60. The van der Waals surface area contributed by atoms with Crippen molar-refractivity contribution >= 4 is 22.8 Å². The summed E-state index contributed by atoms with van der Waals surface area (Å²) >= 11 is 1.63. The Morgan fingerprint density at radius 2 is 2.24 bits per heavy atom. The van der Waals surface area contributed by atoms with Gasteiger partial charge in [0.15, 0.2) is 5.17 Å². The van der Waals surface area contributed by atoms with Gasteiger partial charge < -0.3 is 5.32 Å². The zero-order chi connectivity index (χ0) is 12.6. The van der Waals surface area contributed by atoms with Crippen molar-refractivity contribution in [3.63, 3.8) is 0 Å². The number of thioether (sulfide) groups is 1. The molecule has 0 spiro atoms. The summed E-state index contributed by atoms with van der Waals surface area (Å²) in [6.07, 6.45) is 2.22. The maximum Gasteiger partial charge on any atom is 0.230 e. The van der Waals surface area contributed by atoms with Crippen molar-refractivity contribution in [2.24, 2.45) is 22.2 Å². The highest BCUT2D eigenvalue weighted by atomic mass is 32.2. The molecule has 0 aromatic carbocycles. The van der Waals surface area contributed by atoms with Gasteiger partial charge in [0.25, 0.3) is 0 Å². The average molecular weight is 252 g/mol. The maximum atomic E-state index is 12.1. The lowest BCUT2D eigenvalue weighted by atomic mass is 10.1. The number of nitrogens with zero attached hydrogens (tertiary/aromatic N) is 1. The van der Waals surface area contributed by atoms with Gasteiger partial charge in [-0.2, -0.15) is 0 Å². The standard InChI is InChI=1S/C13H20N2OS/c1-8(2)7-9-10(13(9,3)4)11(16)15-12-14-5-6-17-12/h7,9-10H,5-6H2,1-4H3,(H,14,15,16)/t9-,10+/m1/s1. The molecule has 1 saturated carbocycles. The third kappa shape index (κ3) is 2.57. The van der Waals surface area contributed by atoms with E-state index in [4.69, 9.17) is 0 Å². The summed E-state index contributed by atoms with van der Waals surface area (Å²) in [5.41, 5.74) is 1.37. The minimum Gasteiger partial charge on any atom is -0.305 e. The number of nitrogens with one attached hydrogen (secondary N) is 1. The highest BCUT2D eigenvalue weighted by Crippen LogP contribution is 2.59. The molecule has 1 aliphatic carbocycles. The fourth-order valence-electron chi connectivity index (χ4n) is 2.44. The highest BCUT2D eigenvalue weighted by molar-refractivity contribution is 8.14. The van der Waals surface area contributed by atoms with Gasteiger partial charge in [-0.05, 0) is 25.2 Å². The van der Waals surface area contributed by atoms with Gasteiger partial charge in [0.1, 0.15) is 0 Å². The molecule has 0 aromatic heterocycles. The summed E-state index contributed by atoms with van der Waals surface area (Å²) in [7, 11) is 0. The maximum absolute atomic E-state index is 12.1. The second-order valence-corrected chi connectivity index (χ2v) is 6.68. The van der Waals surface area contributed by atoms with E-state index in [1.165, 1.54) is 5.57 Å². The number of rotatable bonds is 2. The van der Waals surface area contributed by atoms with Crippen molar-refractivity contribution in [2.75, 3.05) is 12.3 Å². The lowest BCUT2D eigenvalue weighted by molar-refractivity contribution is -0.121. The number of amides is 1. The first kappa shape index (κ1) is 12.7. The molecule has 3 nitrogen and oxygen atoms in total. The molecule has 2 atom stereocenters. The lowest BCUT2D eigenvalue weighted by Gasteiger charge is -2.04. The van der Waals surface area contributed by atoms with Crippen molar-refractivity contribution < 1.29 is 4.79 Å². The van der Waals surface area contributed by atoms with E-state index >= 15 is 0 Å². The van der Waals surface area contributed by atoms with Gasteiger partial charge >= 0.3 is 0 Å². The molecule has 94 valence electrons. The average Bonchev–Trinajstić information content (AvgIpc) is 2.64. The summed E-state index contributed by atoms with van der Waals surface area (Å²) in [5, 5.41) is 3.74. The number of carbonyl (C=O) groups excluding carboxylic acids is 1. The molecule has 0 bridgehead atoms. The van der Waals surface area contributed by atoms with Crippen molar-refractivity contribution in [2.45, 2.75) is 27.7 Å². The first-order valence-corrected chi connectivity index (χ1v) is 7.04. The van der Waals surface area contributed by atoms with Gasteiger partial charge in [0.2, 0.25) is 5.91 Å². The predicted octanol–water partition coefficient (Wildman–Crippen LogP) is 2.44. The van der Waals surface area contributed by atoms with Crippen molar-refractivity contribution in [3.05, 3.63) is 11.6 Å². The Hall–Kier alpha value is -0.770. The zero-order valence-electron chi connectivity index (χ0n) is 10.9. The van der Waals surface area contributed by atoms with E-state index in [-0.39, 0.29) is 17.2 Å². The number of amidine groups is 1. The van der Waals surface area contributed by atoms with Gasteiger partial charge in [0, 0.05) is 5.75 Å². The van der Waals surface area contributed by atoms with E-state index < -0.39 is 0 Å². The van der Waals surface area contributed by atoms with Crippen LogP contribution in [-0.4, -0.2) is 23.4 Å². The normalized spacial score (nSPS) is 29.5. The molecule has 2 aliphatic rings. The van der Waals surface area contributed by atoms with E-state index in [1.807, 2.05) is 0 Å². The number of aliphatic imine (C=N–C) groups is 1. The molecule has 1 heterocycles. The minimum atomic E-state index is 0.0885.